The lowest BCUT2D eigenvalue weighted by Crippen LogP contribution is -2.17. The van der Waals surface area contributed by atoms with Gasteiger partial charge in [0, 0.05) is 23.0 Å². The van der Waals surface area contributed by atoms with Crippen LogP contribution in [0.15, 0.2) is 40.9 Å². The van der Waals surface area contributed by atoms with Gasteiger partial charge in [0.15, 0.2) is 11.5 Å². The second-order valence-corrected chi connectivity index (χ2v) is 6.83. The highest BCUT2D eigenvalue weighted by atomic mass is 79.9. The molecule has 0 amide bonds. The Bertz CT molecular complexity index is 830. The summed E-state index contributed by atoms with van der Waals surface area (Å²) in [6.07, 6.45) is 1.92. The van der Waals surface area contributed by atoms with E-state index in [1.165, 1.54) is 0 Å². The number of hydrogen-bond donors (Lipinski definition) is 2. The first-order valence-electron chi connectivity index (χ1n) is 8.85. The molecule has 138 valence electrons. The van der Waals surface area contributed by atoms with Crippen molar-refractivity contribution in [1.82, 2.24) is 15.3 Å². The van der Waals surface area contributed by atoms with E-state index >= 15 is 0 Å². The first-order valence-corrected chi connectivity index (χ1v) is 9.64. The third-order valence-corrected chi connectivity index (χ3v) is 4.93. The third kappa shape index (κ3) is 4.37. The molecule has 1 aromatic heterocycles. The molecule has 0 spiro atoms. The van der Waals surface area contributed by atoms with Crippen molar-refractivity contribution in [2.24, 2.45) is 0 Å². The molecule has 0 aliphatic carbocycles. The summed E-state index contributed by atoms with van der Waals surface area (Å²) in [7, 11) is 1.66. The zero-order valence-corrected chi connectivity index (χ0v) is 16.7. The Labute approximate surface area is 162 Å². The molecule has 26 heavy (non-hydrogen) atoms. The molecule has 0 aliphatic rings. The fourth-order valence-electron chi connectivity index (χ4n) is 2.93. The Morgan fingerprint density at radius 1 is 1.19 bits per heavy atom. The van der Waals surface area contributed by atoms with Crippen LogP contribution in [0.5, 0.6) is 11.5 Å². The number of benzene rings is 2. The number of nitrogens with zero attached hydrogens (tertiary/aromatic N) is 1. The second-order valence-electron chi connectivity index (χ2n) is 5.97. The number of nitrogens with one attached hydrogen (secondary N) is 2. The van der Waals surface area contributed by atoms with Crippen LogP contribution in [-0.4, -0.2) is 30.2 Å². The number of rotatable bonds is 9. The van der Waals surface area contributed by atoms with Crippen molar-refractivity contribution in [2.45, 2.75) is 26.3 Å². The van der Waals surface area contributed by atoms with Crippen LogP contribution in [0, 0.1) is 0 Å². The van der Waals surface area contributed by atoms with E-state index in [2.05, 4.69) is 37.3 Å². The van der Waals surface area contributed by atoms with Crippen molar-refractivity contribution in [3.63, 3.8) is 0 Å². The van der Waals surface area contributed by atoms with Crippen molar-refractivity contribution in [2.75, 3.05) is 20.3 Å². The number of para-hydroxylation sites is 2. The second kappa shape index (κ2) is 9.05. The van der Waals surface area contributed by atoms with Gasteiger partial charge in [0.1, 0.15) is 5.82 Å². The van der Waals surface area contributed by atoms with Gasteiger partial charge >= 0.3 is 0 Å². The largest absolute Gasteiger partial charge is 0.493 e. The molecule has 2 aromatic carbocycles. The third-order valence-electron chi connectivity index (χ3n) is 4.18. The molecule has 0 unspecified atom stereocenters. The summed E-state index contributed by atoms with van der Waals surface area (Å²) in [6, 6.07) is 12.0. The molecule has 0 bridgehead atoms. The van der Waals surface area contributed by atoms with Gasteiger partial charge < -0.3 is 19.8 Å². The maximum atomic E-state index is 5.79. The van der Waals surface area contributed by atoms with Crippen LogP contribution in [0.3, 0.4) is 0 Å². The number of aromatic nitrogens is 2. The van der Waals surface area contributed by atoms with Crippen LogP contribution < -0.4 is 14.8 Å². The predicted octanol–water partition coefficient (Wildman–Crippen LogP) is 4.46. The van der Waals surface area contributed by atoms with Gasteiger partial charge in [0.2, 0.25) is 0 Å². The Kier molecular flexibility index (Phi) is 6.52. The number of fused-ring (bicyclic) bond motifs is 1. The minimum atomic E-state index is 0.603. The molecule has 0 saturated carbocycles. The highest BCUT2D eigenvalue weighted by molar-refractivity contribution is 9.10. The van der Waals surface area contributed by atoms with Crippen LogP contribution in [0.4, 0.5) is 0 Å². The van der Waals surface area contributed by atoms with Crippen molar-refractivity contribution in [1.29, 1.82) is 0 Å². The van der Waals surface area contributed by atoms with Crippen molar-refractivity contribution >= 4 is 27.0 Å². The summed E-state index contributed by atoms with van der Waals surface area (Å²) < 4.78 is 12.2. The monoisotopic (exact) mass is 417 g/mol. The maximum Gasteiger partial charge on any atom is 0.166 e. The normalized spacial score (nSPS) is 11.0. The quantitative estimate of drug-likeness (QED) is 0.504. The van der Waals surface area contributed by atoms with Crippen molar-refractivity contribution in [3.8, 4) is 11.5 Å². The lowest BCUT2D eigenvalue weighted by atomic mass is 10.1. The van der Waals surface area contributed by atoms with Crippen molar-refractivity contribution in [3.05, 3.63) is 52.3 Å². The molecule has 0 aliphatic heterocycles. The van der Waals surface area contributed by atoms with Gasteiger partial charge in [-0.1, -0.05) is 28.1 Å². The number of hydrogen-bond acceptors (Lipinski definition) is 4. The maximum absolute atomic E-state index is 5.79. The summed E-state index contributed by atoms with van der Waals surface area (Å²) in [6.45, 7) is 4.19. The molecule has 2 N–H and O–H groups in total. The summed E-state index contributed by atoms with van der Waals surface area (Å²) in [5.74, 6) is 2.59. The molecular weight excluding hydrogens is 394 g/mol. The molecular formula is C20H24BrN3O2. The lowest BCUT2D eigenvalue weighted by Gasteiger charge is -2.16. The van der Waals surface area contributed by atoms with Crippen LogP contribution >= 0.6 is 15.9 Å². The van der Waals surface area contributed by atoms with E-state index in [1.807, 2.05) is 37.3 Å². The lowest BCUT2D eigenvalue weighted by molar-refractivity contribution is 0.306. The van der Waals surface area contributed by atoms with E-state index in [0.29, 0.717) is 13.2 Å². The Balaban J connectivity index is 1.54. The number of imidazole rings is 1. The topological polar surface area (TPSA) is 59.2 Å². The van der Waals surface area contributed by atoms with Gasteiger partial charge in [-0.25, -0.2) is 4.98 Å². The molecule has 0 fully saturated rings. The summed E-state index contributed by atoms with van der Waals surface area (Å²) in [5, 5.41) is 3.49. The summed E-state index contributed by atoms with van der Waals surface area (Å²) in [4.78, 5) is 7.99. The number of methoxy groups -OCH3 is 1. The van der Waals surface area contributed by atoms with Gasteiger partial charge in [0.05, 0.1) is 24.8 Å². The predicted molar refractivity (Wildman–Crippen MR) is 108 cm³/mol. The van der Waals surface area contributed by atoms with Crippen LogP contribution in [0.2, 0.25) is 0 Å². The van der Waals surface area contributed by atoms with Crippen LogP contribution in [-0.2, 0) is 13.0 Å². The van der Waals surface area contributed by atoms with Crippen LogP contribution in [0.25, 0.3) is 11.0 Å². The summed E-state index contributed by atoms with van der Waals surface area (Å²) >= 11 is 3.62. The Hall–Kier alpha value is -2.05. The van der Waals surface area contributed by atoms with E-state index in [-0.39, 0.29) is 0 Å². The minimum absolute atomic E-state index is 0.603. The van der Waals surface area contributed by atoms with E-state index in [4.69, 9.17) is 9.47 Å². The van der Waals surface area contributed by atoms with E-state index in [9.17, 15) is 0 Å². The average Bonchev–Trinajstić information content (AvgIpc) is 3.06. The van der Waals surface area contributed by atoms with Gasteiger partial charge in [-0.05, 0) is 44.2 Å². The Morgan fingerprint density at radius 2 is 2.04 bits per heavy atom. The smallest absolute Gasteiger partial charge is 0.166 e. The van der Waals surface area contributed by atoms with Crippen LogP contribution in [0.1, 0.15) is 24.7 Å². The van der Waals surface area contributed by atoms with E-state index in [0.717, 1.165) is 57.8 Å². The molecule has 1 heterocycles. The molecule has 3 rings (SSSR count). The fourth-order valence-corrected chi connectivity index (χ4v) is 3.38. The van der Waals surface area contributed by atoms with Crippen molar-refractivity contribution < 1.29 is 9.47 Å². The number of aryl methyl sites for hydroxylation is 1. The van der Waals surface area contributed by atoms with E-state index < -0.39 is 0 Å². The van der Waals surface area contributed by atoms with Gasteiger partial charge in [-0.15, -0.1) is 0 Å². The zero-order chi connectivity index (χ0) is 18.4. The molecule has 0 atom stereocenters. The minimum Gasteiger partial charge on any atom is -0.493 e. The fraction of sp³-hybridized carbons (Fsp3) is 0.350. The number of ether oxygens (including phenoxy) is 2. The molecule has 6 heteroatoms. The van der Waals surface area contributed by atoms with E-state index in [1.54, 1.807) is 7.11 Å². The number of H-pyrrole nitrogens is 1. The average molecular weight is 418 g/mol. The molecule has 0 radical (unpaired) electrons. The highest BCUT2D eigenvalue weighted by Crippen LogP contribution is 2.36. The summed E-state index contributed by atoms with van der Waals surface area (Å²) in [5.41, 5.74) is 3.20. The molecule has 3 aromatic rings. The standard InChI is InChI=1S/C20H24BrN3O2/c1-3-26-20-14(15(21)10-11-18(20)25-2)13-22-12-6-9-19-23-16-7-4-5-8-17(16)24-19/h4-5,7-8,10-11,22H,3,6,9,12-13H2,1-2H3,(H,23,24). The van der Waals surface area contributed by atoms with Gasteiger partial charge in [-0.3, -0.25) is 0 Å². The number of aromatic amines is 1. The Morgan fingerprint density at radius 3 is 2.81 bits per heavy atom. The SMILES string of the molecule is CCOc1c(OC)ccc(Br)c1CNCCCc1nc2ccccc2[nH]1. The molecule has 5 nitrogen and oxygen atoms in total. The zero-order valence-electron chi connectivity index (χ0n) is 15.1. The van der Waals surface area contributed by atoms with Gasteiger partial charge in [-0.2, -0.15) is 0 Å². The molecule has 0 saturated heterocycles. The first-order chi connectivity index (χ1) is 12.7. The van der Waals surface area contributed by atoms with Gasteiger partial charge in [0.25, 0.3) is 0 Å². The number of halogens is 1. The first kappa shape index (κ1) is 18.7. The highest BCUT2D eigenvalue weighted by Gasteiger charge is 2.14.